The van der Waals surface area contributed by atoms with Crippen molar-refractivity contribution in [2.75, 3.05) is 30.8 Å². The van der Waals surface area contributed by atoms with Gasteiger partial charge >= 0.3 is 0 Å². The molecule has 8 heteroatoms. The van der Waals surface area contributed by atoms with Crippen LogP contribution in [0.2, 0.25) is 0 Å². The molecule has 0 aromatic carbocycles. The lowest BCUT2D eigenvalue weighted by atomic mass is 9.96. The van der Waals surface area contributed by atoms with Crippen LogP contribution in [0.5, 0.6) is 0 Å². The highest BCUT2D eigenvalue weighted by Gasteiger charge is 2.22. The van der Waals surface area contributed by atoms with Crippen molar-refractivity contribution in [3.63, 3.8) is 0 Å². The van der Waals surface area contributed by atoms with Crippen molar-refractivity contribution in [1.29, 1.82) is 0 Å². The summed E-state index contributed by atoms with van der Waals surface area (Å²) in [6.07, 6.45) is 20.0. The first kappa shape index (κ1) is 40.1. The molecule has 1 saturated heterocycles. The minimum atomic E-state index is -0.256. The molecule has 48 heavy (non-hydrogen) atoms. The van der Waals surface area contributed by atoms with Crippen molar-refractivity contribution in [2.45, 2.75) is 106 Å². The van der Waals surface area contributed by atoms with E-state index in [0.717, 1.165) is 73.8 Å². The molecule has 2 N–H and O–H groups in total. The predicted octanol–water partition coefficient (Wildman–Crippen LogP) is 9.26. The molecule has 2 amide bonds. The van der Waals surface area contributed by atoms with Crippen molar-refractivity contribution >= 4 is 29.1 Å². The van der Waals surface area contributed by atoms with Crippen LogP contribution in [-0.4, -0.2) is 53.8 Å². The van der Waals surface area contributed by atoms with E-state index in [2.05, 4.69) is 72.8 Å². The minimum absolute atomic E-state index is 0.0883. The molecule has 2 rings (SSSR count). The lowest BCUT2D eigenvalue weighted by Crippen LogP contribution is -2.35. The number of nitrogens with zero attached hydrogens (tertiary/aromatic N) is 3. The highest BCUT2D eigenvalue weighted by molar-refractivity contribution is 6.06. The first-order valence-corrected chi connectivity index (χ1v) is 17.5. The lowest BCUT2D eigenvalue weighted by Gasteiger charge is -2.20. The summed E-state index contributed by atoms with van der Waals surface area (Å²) in [6.45, 7) is 21.9. The zero-order valence-corrected chi connectivity index (χ0v) is 30.9. The molecule has 1 aromatic rings. The van der Waals surface area contributed by atoms with Crippen LogP contribution in [0.15, 0.2) is 88.3 Å². The minimum Gasteiger partial charge on any atom is -0.484 e. The molecular formula is C40H59N5O3. The Morgan fingerprint density at radius 3 is 2.50 bits per heavy atom. The number of nitrogens with one attached hydrogen (secondary N) is 2. The molecular weight excluding hydrogens is 598 g/mol. The summed E-state index contributed by atoms with van der Waals surface area (Å²) in [4.78, 5) is 38.0. The second-order valence-corrected chi connectivity index (χ2v) is 12.8. The standard InChI is InChI=1S/C40H59N5O3/c1-11-15-16-20-34(23-35(28(5)6)22-33(18-12-2)32(14-4)25-42-40(48-10)29(7)13-3)39(47)44-37-24-36(26-41-31(37)9)43-38(46)27-45-21-17-19-30(45)8/h14,16,20,22-26,29-30H,4,11-13,15,17-19,21,27H2,1-3,5-10H3,(H,43,46)(H,44,47)/b20-16+,32-25+,33-22+,34-23+,42-40?. The molecule has 0 saturated carbocycles. The van der Waals surface area contributed by atoms with Gasteiger partial charge in [-0.2, -0.15) is 0 Å². The Kier molecular flexibility index (Phi) is 17.6. The molecule has 0 radical (unpaired) electrons. The number of ether oxygens (including phenoxy) is 1. The Hall–Kier alpha value is -4.04. The SMILES string of the molecule is C=CC(=C\N=C(OC)C(C)CC)/C(=C/C(/C=C(\C=C\CCC)C(=O)Nc1cc(NC(=O)CN2CCCC2C)cnc1C)=C(C)C)CCC. The summed E-state index contributed by atoms with van der Waals surface area (Å²) in [5.41, 5.74) is 6.26. The molecule has 2 heterocycles. The van der Waals surface area contributed by atoms with E-state index in [9.17, 15) is 9.59 Å². The predicted molar refractivity (Wildman–Crippen MR) is 202 cm³/mol. The normalized spacial score (nSPS) is 17.0. The smallest absolute Gasteiger partial charge is 0.255 e. The topological polar surface area (TPSA) is 95.9 Å². The van der Waals surface area contributed by atoms with Gasteiger partial charge in [0.1, 0.15) is 0 Å². The second kappa shape index (κ2) is 21.0. The monoisotopic (exact) mass is 657 g/mol. The number of methoxy groups -OCH3 is 1. The summed E-state index contributed by atoms with van der Waals surface area (Å²) in [5, 5.41) is 6.02. The Balaban J connectivity index is 2.46. The van der Waals surface area contributed by atoms with Crippen LogP contribution in [0.1, 0.15) is 99.1 Å². The average molecular weight is 658 g/mol. The van der Waals surface area contributed by atoms with Crippen molar-refractivity contribution in [2.24, 2.45) is 10.9 Å². The average Bonchev–Trinajstić information content (AvgIpc) is 3.46. The summed E-state index contributed by atoms with van der Waals surface area (Å²) in [7, 11) is 1.65. The lowest BCUT2D eigenvalue weighted by molar-refractivity contribution is -0.117. The summed E-state index contributed by atoms with van der Waals surface area (Å²) in [5.74, 6) is 0.546. The second-order valence-electron chi connectivity index (χ2n) is 12.8. The number of rotatable bonds is 17. The van der Waals surface area contributed by atoms with Gasteiger partial charge in [-0.1, -0.05) is 77.0 Å². The van der Waals surface area contributed by atoms with E-state index >= 15 is 0 Å². The maximum Gasteiger partial charge on any atom is 0.255 e. The Labute approximate surface area is 289 Å². The molecule has 1 aromatic heterocycles. The van der Waals surface area contributed by atoms with Crippen LogP contribution in [-0.2, 0) is 14.3 Å². The summed E-state index contributed by atoms with van der Waals surface area (Å²) in [6, 6.07) is 2.17. The van der Waals surface area contributed by atoms with Gasteiger partial charge in [0.25, 0.3) is 5.91 Å². The number of hydrogen-bond donors (Lipinski definition) is 2. The van der Waals surface area contributed by atoms with Gasteiger partial charge in [0.05, 0.1) is 36.9 Å². The van der Waals surface area contributed by atoms with E-state index in [1.807, 2.05) is 51.3 Å². The number of allylic oxidation sites excluding steroid dienone is 8. The Bertz CT molecular complexity index is 1440. The number of unbranched alkanes of at least 4 members (excludes halogenated alkanes) is 1. The van der Waals surface area contributed by atoms with Crippen molar-refractivity contribution in [1.82, 2.24) is 9.88 Å². The van der Waals surface area contributed by atoms with E-state index in [4.69, 9.17) is 4.74 Å². The number of pyridine rings is 1. The van der Waals surface area contributed by atoms with Crippen LogP contribution in [0.25, 0.3) is 0 Å². The van der Waals surface area contributed by atoms with Gasteiger partial charge in [-0.3, -0.25) is 19.5 Å². The Morgan fingerprint density at radius 1 is 1.17 bits per heavy atom. The molecule has 2 atom stereocenters. The fourth-order valence-corrected chi connectivity index (χ4v) is 5.31. The van der Waals surface area contributed by atoms with Crippen LogP contribution < -0.4 is 10.6 Å². The van der Waals surface area contributed by atoms with Gasteiger partial charge in [-0.05, 0) is 95.2 Å². The Morgan fingerprint density at radius 2 is 1.92 bits per heavy atom. The molecule has 1 aliphatic heterocycles. The van der Waals surface area contributed by atoms with Crippen LogP contribution in [0.3, 0.4) is 0 Å². The van der Waals surface area contributed by atoms with E-state index in [1.54, 1.807) is 19.4 Å². The fraction of sp³-hybridized carbons (Fsp3) is 0.500. The third kappa shape index (κ3) is 12.9. The van der Waals surface area contributed by atoms with E-state index < -0.39 is 0 Å². The summed E-state index contributed by atoms with van der Waals surface area (Å²) >= 11 is 0. The first-order valence-electron chi connectivity index (χ1n) is 17.5. The third-order valence-electron chi connectivity index (χ3n) is 8.57. The number of hydrogen-bond acceptors (Lipinski definition) is 6. The van der Waals surface area contributed by atoms with Gasteiger partial charge < -0.3 is 15.4 Å². The molecule has 0 spiro atoms. The fourth-order valence-electron chi connectivity index (χ4n) is 5.31. The zero-order valence-electron chi connectivity index (χ0n) is 30.9. The van der Waals surface area contributed by atoms with E-state index in [0.29, 0.717) is 41.1 Å². The van der Waals surface area contributed by atoms with Gasteiger partial charge in [0.2, 0.25) is 5.91 Å². The molecule has 0 bridgehead atoms. The molecule has 1 fully saturated rings. The number of amides is 2. The first-order chi connectivity index (χ1) is 23.0. The maximum absolute atomic E-state index is 13.9. The van der Waals surface area contributed by atoms with Crippen molar-refractivity contribution < 1.29 is 14.3 Å². The van der Waals surface area contributed by atoms with Crippen LogP contribution >= 0.6 is 0 Å². The van der Waals surface area contributed by atoms with Crippen LogP contribution in [0, 0.1) is 12.8 Å². The number of aryl methyl sites for hydroxylation is 1. The highest BCUT2D eigenvalue weighted by atomic mass is 16.5. The number of anilines is 2. The number of aliphatic imine (C=N–C) groups is 1. The van der Waals surface area contributed by atoms with Gasteiger partial charge in [0.15, 0.2) is 5.90 Å². The quantitative estimate of drug-likeness (QED) is 0.0754. The zero-order chi connectivity index (χ0) is 35.6. The highest BCUT2D eigenvalue weighted by Crippen LogP contribution is 2.25. The largest absolute Gasteiger partial charge is 0.484 e. The van der Waals surface area contributed by atoms with Crippen molar-refractivity contribution in [3.8, 4) is 0 Å². The third-order valence-corrected chi connectivity index (χ3v) is 8.57. The molecule has 0 aliphatic carbocycles. The number of aromatic nitrogens is 1. The van der Waals surface area contributed by atoms with Crippen molar-refractivity contribution in [3.05, 3.63) is 89.0 Å². The van der Waals surface area contributed by atoms with Gasteiger partial charge in [-0.25, -0.2) is 4.99 Å². The van der Waals surface area contributed by atoms with Gasteiger partial charge in [-0.15, -0.1) is 0 Å². The molecule has 2 unspecified atom stereocenters. The number of carbonyl (C=O) groups excluding carboxylic acids is 2. The van der Waals surface area contributed by atoms with E-state index in [-0.39, 0.29) is 17.7 Å². The molecule has 1 aliphatic rings. The maximum atomic E-state index is 13.9. The number of carbonyl (C=O) groups is 2. The molecule has 262 valence electrons. The van der Waals surface area contributed by atoms with Crippen LogP contribution in [0.4, 0.5) is 11.4 Å². The van der Waals surface area contributed by atoms with E-state index in [1.165, 1.54) is 0 Å². The molecule has 8 nitrogen and oxygen atoms in total. The number of likely N-dealkylation sites (tertiary alicyclic amines) is 1. The van der Waals surface area contributed by atoms with Gasteiger partial charge in [0, 0.05) is 23.7 Å². The summed E-state index contributed by atoms with van der Waals surface area (Å²) < 4.78 is 5.55.